The SMILES string of the molecule is CN(C)SNc1cncc(-c2cccc(C(=O)Nc3ccc(OCCc4ccccc4)cc3)c2)n1. The first-order valence-electron chi connectivity index (χ1n) is 11.2. The van der Waals surface area contributed by atoms with Crippen LogP contribution in [0.4, 0.5) is 11.5 Å². The Morgan fingerprint density at radius 3 is 2.54 bits per heavy atom. The molecule has 0 aliphatic rings. The van der Waals surface area contributed by atoms with Crippen LogP contribution in [0.1, 0.15) is 15.9 Å². The van der Waals surface area contributed by atoms with Crippen molar-refractivity contribution in [3.63, 3.8) is 0 Å². The van der Waals surface area contributed by atoms with Crippen molar-refractivity contribution in [2.45, 2.75) is 6.42 Å². The molecule has 4 aromatic rings. The van der Waals surface area contributed by atoms with E-state index in [0.717, 1.165) is 17.7 Å². The Kier molecular flexibility index (Phi) is 8.32. The molecular formula is C27H27N5O2S. The van der Waals surface area contributed by atoms with Crippen LogP contribution < -0.4 is 14.8 Å². The van der Waals surface area contributed by atoms with Crippen molar-refractivity contribution in [3.05, 3.63) is 102 Å². The Morgan fingerprint density at radius 1 is 0.971 bits per heavy atom. The standard InChI is InChI=1S/C27H27N5O2S/c1-32(2)35-31-26-19-28-18-25(30-26)21-9-6-10-22(17-21)27(33)29-23-11-13-24(14-12-23)34-16-15-20-7-4-3-5-8-20/h3-14,17-19H,15-16H2,1-2H3,(H,29,33)(H,30,31). The lowest BCUT2D eigenvalue weighted by Gasteiger charge is -2.11. The number of nitrogens with zero attached hydrogens (tertiary/aromatic N) is 3. The molecule has 0 saturated carbocycles. The molecule has 0 saturated heterocycles. The Labute approximate surface area is 209 Å². The number of nitrogens with one attached hydrogen (secondary N) is 2. The molecule has 0 fully saturated rings. The van der Waals surface area contributed by atoms with E-state index in [1.165, 1.54) is 17.7 Å². The topological polar surface area (TPSA) is 79.4 Å². The second kappa shape index (κ2) is 12.0. The van der Waals surface area contributed by atoms with Crippen LogP contribution in [0.15, 0.2) is 91.3 Å². The molecule has 0 spiro atoms. The Hall–Kier alpha value is -3.88. The highest BCUT2D eigenvalue weighted by atomic mass is 32.2. The van der Waals surface area contributed by atoms with Crippen molar-refractivity contribution in [3.8, 4) is 17.0 Å². The average molecular weight is 486 g/mol. The summed E-state index contributed by atoms with van der Waals surface area (Å²) in [6.45, 7) is 0.593. The van der Waals surface area contributed by atoms with Crippen LogP contribution in [-0.2, 0) is 6.42 Å². The second-order valence-corrected chi connectivity index (χ2v) is 9.06. The summed E-state index contributed by atoms with van der Waals surface area (Å²) in [5, 5.41) is 2.94. The third-order valence-electron chi connectivity index (χ3n) is 5.00. The first-order chi connectivity index (χ1) is 17.1. The van der Waals surface area contributed by atoms with Gasteiger partial charge in [-0.15, -0.1) is 0 Å². The summed E-state index contributed by atoms with van der Waals surface area (Å²) in [6, 6.07) is 24.9. The lowest BCUT2D eigenvalue weighted by atomic mass is 10.1. The van der Waals surface area contributed by atoms with Crippen molar-refractivity contribution in [1.82, 2.24) is 14.3 Å². The van der Waals surface area contributed by atoms with Gasteiger partial charge in [0, 0.05) is 35.4 Å². The number of benzene rings is 3. The molecule has 0 aliphatic carbocycles. The fourth-order valence-corrected chi connectivity index (χ4v) is 3.66. The number of carbonyl (C=O) groups is 1. The first-order valence-corrected chi connectivity index (χ1v) is 11.9. The molecule has 35 heavy (non-hydrogen) atoms. The van der Waals surface area contributed by atoms with E-state index in [9.17, 15) is 4.79 Å². The number of rotatable bonds is 10. The molecule has 0 unspecified atom stereocenters. The van der Waals surface area contributed by atoms with Gasteiger partial charge in [-0.3, -0.25) is 14.5 Å². The van der Waals surface area contributed by atoms with E-state index >= 15 is 0 Å². The van der Waals surface area contributed by atoms with E-state index in [4.69, 9.17) is 4.74 Å². The molecule has 4 rings (SSSR count). The van der Waals surface area contributed by atoms with Gasteiger partial charge < -0.3 is 10.1 Å². The zero-order valence-electron chi connectivity index (χ0n) is 19.6. The van der Waals surface area contributed by atoms with E-state index < -0.39 is 0 Å². The smallest absolute Gasteiger partial charge is 0.255 e. The lowest BCUT2D eigenvalue weighted by Crippen LogP contribution is -2.12. The largest absolute Gasteiger partial charge is 0.493 e. The van der Waals surface area contributed by atoms with Gasteiger partial charge in [0.1, 0.15) is 5.75 Å². The summed E-state index contributed by atoms with van der Waals surface area (Å²) >= 11 is 1.41. The van der Waals surface area contributed by atoms with Gasteiger partial charge >= 0.3 is 0 Å². The molecule has 0 bridgehead atoms. The molecule has 8 heteroatoms. The van der Waals surface area contributed by atoms with Crippen LogP contribution in [0.3, 0.4) is 0 Å². The number of amides is 1. The van der Waals surface area contributed by atoms with Gasteiger partial charge in [0.05, 0.1) is 24.7 Å². The van der Waals surface area contributed by atoms with Crippen molar-refractivity contribution in [2.24, 2.45) is 0 Å². The highest BCUT2D eigenvalue weighted by Gasteiger charge is 2.10. The minimum Gasteiger partial charge on any atom is -0.493 e. The van der Waals surface area contributed by atoms with Crippen molar-refractivity contribution >= 4 is 29.5 Å². The van der Waals surface area contributed by atoms with Crippen LogP contribution >= 0.6 is 12.1 Å². The molecule has 1 heterocycles. The number of aromatic nitrogens is 2. The zero-order valence-corrected chi connectivity index (χ0v) is 20.5. The summed E-state index contributed by atoms with van der Waals surface area (Å²) in [7, 11) is 3.87. The molecular weight excluding hydrogens is 458 g/mol. The first kappa shape index (κ1) is 24.3. The molecule has 7 nitrogen and oxygen atoms in total. The molecule has 1 aromatic heterocycles. The predicted molar refractivity (Wildman–Crippen MR) is 142 cm³/mol. The molecule has 0 atom stereocenters. The zero-order chi connectivity index (χ0) is 24.5. The fraction of sp³-hybridized carbons (Fsp3) is 0.148. The minimum atomic E-state index is -0.199. The summed E-state index contributed by atoms with van der Waals surface area (Å²) < 4.78 is 10.9. The third-order valence-corrected chi connectivity index (χ3v) is 5.67. The highest BCUT2D eigenvalue weighted by molar-refractivity contribution is 7.98. The highest BCUT2D eigenvalue weighted by Crippen LogP contribution is 2.22. The molecule has 0 radical (unpaired) electrons. The van der Waals surface area contributed by atoms with Crippen LogP contribution in [0.25, 0.3) is 11.3 Å². The summed E-state index contributed by atoms with van der Waals surface area (Å²) in [6.07, 6.45) is 4.18. The lowest BCUT2D eigenvalue weighted by molar-refractivity contribution is 0.102. The molecule has 2 N–H and O–H groups in total. The van der Waals surface area contributed by atoms with Crippen molar-refractivity contribution in [2.75, 3.05) is 30.7 Å². The van der Waals surface area contributed by atoms with Gasteiger partial charge in [-0.05, 0) is 56.1 Å². The Bertz CT molecular complexity index is 1250. The van der Waals surface area contributed by atoms with Gasteiger partial charge in [0.25, 0.3) is 5.91 Å². The molecule has 178 valence electrons. The van der Waals surface area contributed by atoms with Gasteiger partial charge in [-0.2, -0.15) is 0 Å². The van der Waals surface area contributed by atoms with E-state index in [1.807, 2.05) is 79.1 Å². The minimum absolute atomic E-state index is 0.199. The van der Waals surface area contributed by atoms with Crippen LogP contribution in [0.2, 0.25) is 0 Å². The number of ether oxygens (including phenoxy) is 1. The molecule has 3 aromatic carbocycles. The van der Waals surface area contributed by atoms with E-state index in [1.54, 1.807) is 18.5 Å². The van der Waals surface area contributed by atoms with Crippen LogP contribution in [0.5, 0.6) is 5.75 Å². The number of hydrogen-bond acceptors (Lipinski definition) is 7. The van der Waals surface area contributed by atoms with Gasteiger partial charge in [-0.25, -0.2) is 9.29 Å². The van der Waals surface area contributed by atoms with Gasteiger partial charge in [0.15, 0.2) is 5.82 Å². The number of hydrogen-bond donors (Lipinski definition) is 2. The van der Waals surface area contributed by atoms with Crippen LogP contribution in [-0.4, -0.2) is 40.9 Å². The number of carbonyl (C=O) groups excluding carboxylic acids is 1. The normalized spacial score (nSPS) is 10.7. The molecule has 0 aliphatic heterocycles. The van der Waals surface area contributed by atoms with Gasteiger partial charge in [0.2, 0.25) is 0 Å². The second-order valence-electron chi connectivity index (χ2n) is 7.94. The third kappa shape index (κ3) is 7.30. The summed E-state index contributed by atoms with van der Waals surface area (Å²) in [5.74, 6) is 1.21. The maximum Gasteiger partial charge on any atom is 0.255 e. The quantitative estimate of drug-likeness (QED) is 0.285. The maximum absolute atomic E-state index is 12.9. The Balaban J connectivity index is 1.35. The summed E-state index contributed by atoms with van der Waals surface area (Å²) in [4.78, 5) is 21.7. The predicted octanol–water partition coefficient (Wildman–Crippen LogP) is 5.55. The average Bonchev–Trinajstić information content (AvgIpc) is 2.89. The van der Waals surface area contributed by atoms with Gasteiger partial charge in [-0.1, -0.05) is 42.5 Å². The van der Waals surface area contributed by atoms with Crippen LogP contribution in [0, 0.1) is 0 Å². The number of anilines is 2. The van der Waals surface area contributed by atoms with E-state index in [0.29, 0.717) is 29.4 Å². The molecule has 1 amide bonds. The summed E-state index contributed by atoms with van der Waals surface area (Å²) in [5.41, 5.74) is 3.96. The Morgan fingerprint density at radius 2 is 1.77 bits per heavy atom. The van der Waals surface area contributed by atoms with E-state index in [-0.39, 0.29) is 5.91 Å². The fourth-order valence-electron chi connectivity index (χ4n) is 3.28. The van der Waals surface area contributed by atoms with Crippen molar-refractivity contribution in [1.29, 1.82) is 0 Å². The maximum atomic E-state index is 12.9. The monoisotopic (exact) mass is 485 g/mol. The van der Waals surface area contributed by atoms with E-state index in [2.05, 4.69) is 32.1 Å². The van der Waals surface area contributed by atoms with Crippen molar-refractivity contribution < 1.29 is 9.53 Å².